The van der Waals surface area contributed by atoms with E-state index in [1.165, 1.54) is 6.07 Å². The molecule has 0 radical (unpaired) electrons. The van der Waals surface area contributed by atoms with Gasteiger partial charge in [-0.25, -0.2) is 13.1 Å². The Bertz CT molecular complexity index is 1150. The predicted octanol–water partition coefficient (Wildman–Crippen LogP) is 4.15. The minimum atomic E-state index is -5.24. The van der Waals surface area contributed by atoms with E-state index < -0.39 is 66.8 Å². The second kappa shape index (κ2) is 8.05. The van der Waals surface area contributed by atoms with E-state index in [4.69, 9.17) is 28.9 Å². The summed E-state index contributed by atoms with van der Waals surface area (Å²) in [7, 11) is -3.82. The van der Waals surface area contributed by atoms with Crippen LogP contribution >= 0.6 is 23.2 Å². The zero-order chi connectivity index (χ0) is 24.1. The summed E-state index contributed by atoms with van der Waals surface area (Å²) in [6.45, 7) is 0. The number of anilines is 1. The molecule has 1 atom stereocenters. The van der Waals surface area contributed by atoms with E-state index in [2.05, 4.69) is 5.10 Å². The van der Waals surface area contributed by atoms with Gasteiger partial charge in [-0.1, -0.05) is 23.2 Å². The van der Waals surface area contributed by atoms with Gasteiger partial charge >= 0.3 is 12.4 Å². The molecule has 0 spiro atoms. The van der Waals surface area contributed by atoms with Gasteiger partial charge in [-0.3, -0.25) is 0 Å². The SMILES string of the molecule is CN(C(c1c(C#N)nn(-c2c(Cl)cc(C(F)(F)F)cc2Cl)c1N)C(F)(F)F)S(C)(=O)=O. The maximum Gasteiger partial charge on any atom is 0.416 e. The van der Waals surface area contributed by atoms with Gasteiger partial charge in [0.1, 0.15) is 17.6 Å². The Kier molecular flexibility index (Phi) is 6.50. The lowest BCUT2D eigenvalue weighted by Gasteiger charge is -2.28. The normalized spacial score (nSPS) is 14.0. The standard InChI is InChI=1S/C15H11Cl2F6N5O2S/c1-27(31(2,29)30)12(15(21,22)23)10-9(5-24)26-28(13(10)25)11-7(16)3-6(4-8(11)17)14(18,19)20/h3-4,12H,25H2,1-2H3. The first kappa shape index (κ1) is 25.1. The lowest BCUT2D eigenvalue weighted by Crippen LogP contribution is -2.39. The Hall–Kier alpha value is -2.21. The van der Waals surface area contributed by atoms with Crippen LogP contribution in [-0.4, -0.2) is 42.0 Å². The molecule has 0 saturated carbocycles. The monoisotopic (exact) mass is 509 g/mol. The first-order valence-corrected chi connectivity index (χ1v) is 10.4. The van der Waals surface area contributed by atoms with Crippen LogP contribution in [0.25, 0.3) is 5.69 Å². The topological polar surface area (TPSA) is 105 Å². The van der Waals surface area contributed by atoms with E-state index in [1.807, 2.05) is 0 Å². The van der Waals surface area contributed by atoms with Crippen LogP contribution in [0.15, 0.2) is 12.1 Å². The molecule has 16 heteroatoms. The Balaban J connectivity index is 2.85. The van der Waals surface area contributed by atoms with Crippen molar-refractivity contribution in [1.29, 1.82) is 5.26 Å². The number of nitrogen functional groups attached to an aromatic ring is 1. The molecule has 1 aromatic carbocycles. The second-order valence-electron chi connectivity index (χ2n) is 6.18. The van der Waals surface area contributed by atoms with Crippen molar-refractivity contribution in [2.45, 2.75) is 18.4 Å². The molecule has 7 nitrogen and oxygen atoms in total. The largest absolute Gasteiger partial charge is 0.416 e. The van der Waals surface area contributed by atoms with Gasteiger partial charge in [0.05, 0.1) is 27.4 Å². The fraction of sp³-hybridized carbons (Fsp3) is 0.333. The highest BCUT2D eigenvalue weighted by Gasteiger charge is 2.50. The zero-order valence-electron chi connectivity index (χ0n) is 15.3. The molecule has 0 amide bonds. The van der Waals surface area contributed by atoms with Crippen molar-refractivity contribution >= 4 is 39.0 Å². The van der Waals surface area contributed by atoms with Gasteiger partial charge in [-0.2, -0.15) is 41.0 Å². The van der Waals surface area contributed by atoms with Gasteiger partial charge in [-0.05, 0) is 12.1 Å². The Morgan fingerprint density at radius 2 is 1.68 bits per heavy atom. The zero-order valence-corrected chi connectivity index (χ0v) is 17.7. The number of hydrogen-bond donors (Lipinski definition) is 1. The Morgan fingerprint density at radius 3 is 2.03 bits per heavy atom. The molecule has 0 fully saturated rings. The molecule has 0 aliphatic heterocycles. The quantitative estimate of drug-likeness (QED) is 0.623. The van der Waals surface area contributed by atoms with Gasteiger partial charge in [0.2, 0.25) is 10.0 Å². The maximum atomic E-state index is 13.8. The molecule has 31 heavy (non-hydrogen) atoms. The molecule has 2 N–H and O–H groups in total. The molecule has 0 saturated heterocycles. The van der Waals surface area contributed by atoms with E-state index in [0.29, 0.717) is 30.1 Å². The van der Waals surface area contributed by atoms with Crippen molar-refractivity contribution in [3.8, 4) is 11.8 Å². The molecule has 170 valence electrons. The third kappa shape index (κ3) is 4.84. The van der Waals surface area contributed by atoms with Gasteiger partial charge < -0.3 is 5.73 Å². The molecule has 1 unspecified atom stereocenters. The predicted molar refractivity (Wildman–Crippen MR) is 99.1 cm³/mol. The summed E-state index contributed by atoms with van der Waals surface area (Å²) in [6.07, 6.45) is -9.56. The number of sulfonamides is 1. The van der Waals surface area contributed by atoms with Gasteiger partial charge in [0.15, 0.2) is 11.7 Å². The Morgan fingerprint density at radius 1 is 1.19 bits per heavy atom. The molecule has 0 aliphatic rings. The van der Waals surface area contributed by atoms with Crippen LogP contribution in [0.4, 0.5) is 32.2 Å². The summed E-state index contributed by atoms with van der Waals surface area (Å²) in [6, 6.07) is -0.670. The average Bonchev–Trinajstić information content (AvgIpc) is 2.88. The summed E-state index contributed by atoms with van der Waals surface area (Å²) in [5, 5.41) is 11.5. The fourth-order valence-electron chi connectivity index (χ4n) is 2.64. The highest BCUT2D eigenvalue weighted by Crippen LogP contribution is 2.44. The highest BCUT2D eigenvalue weighted by atomic mass is 35.5. The third-order valence-electron chi connectivity index (χ3n) is 4.09. The summed E-state index contributed by atoms with van der Waals surface area (Å²) in [5.74, 6) is -0.891. The molecule has 0 aliphatic carbocycles. The van der Waals surface area contributed by atoms with E-state index in [-0.39, 0.29) is 4.31 Å². The third-order valence-corrected chi connectivity index (χ3v) is 5.92. The first-order valence-electron chi connectivity index (χ1n) is 7.76. The molecular formula is C15H11Cl2F6N5O2S. The number of benzene rings is 1. The van der Waals surface area contributed by atoms with Crippen molar-refractivity contribution in [3.05, 3.63) is 39.0 Å². The van der Waals surface area contributed by atoms with Crippen molar-refractivity contribution in [2.75, 3.05) is 19.0 Å². The lowest BCUT2D eigenvalue weighted by molar-refractivity contribution is -0.171. The fourth-order valence-corrected chi connectivity index (χ4v) is 3.90. The number of nitrogens with two attached hydrogens (primary N) is 1. The number of nitrogens with zero attached hydrogens (tertiary/aromatic N) is 4. The van der Waals surface area contributed by atoms with E-state index in [0.717, 1.165) is 0 Å². The number of nitriles is 1. The van der Waals surface area contributed by atoms with Crippen molar-refractivity contribution in [1.82, 2.24) is 14.1 Å². The number of aromatic nitrogens is 2. The van der Waals surface area contributed by atoms with Crippen LogP contribution < -0.4 is 5.73 Å². The van der Waals surface area contributed by atoms with Gasteiger partial charge in [-0.15, -0.1) is 0 Å². The van der Waals surface area contributed by atoms with Crippen molar-refractivity contribution in [3.63, 3.8) is 0 Å². The number of alkyl halides is 6. The van der Waals surface area contributed by atoms with Crippen molar-refractivity contribution in [2.24, 2.45) is 0 Å². The van der Waals surface area contributed by atoms with E-state index >= 15 is 0 Å². The number of hydrogen-bond acceptors (Lipinski definition) is 5. The van der Waals surface area contributed by atoms with Crippen LogP contribution in [0.3, 0.4) is 0 Å². The van der Waals surface area contributed by atoms with E-state index in [9.17, 15) is 40.0 Å². The minimum absolute atomic E-state index is 0.0679. The molecule has 2 aromatic rings. The summed E-state index contributed by atoms with van der Waals surface area (Å²) >= 11 is 11.7. The smallest absolute Gasteiger partial charge is 0.383 e. The molecule has 2 rings (SSSR count). The van der Waals surface area contributed by atoms with Gasteiger partial charge in [0, 0.05) is 7.05 Å². The molecule has 0 bridgehead atoms. The first-order chi connectivity index (χ1) is 13.9. The summed E-state index contributed by atoms with van der Waals surface area (Å²) in [5.41, 5.74) is 2.00. The van der Waals surface area contributed by atoms with Gasteiger partial charge in [0.25, 0.3) is 0 Å². The van der Waals surface area contributed by atoms with Crippen LogP contribution in [0, 0.1) is 11.3 Å². The second-order valence-corrected chi connectivity index (χ2v) is 9.04. The Labute approximate surface area is 181 Å². The number of halogens is 8. The van der Waals surface area contributed by atoms with Crippen LogP contribution in [0.1, 0.15) is 22.9 Å². The number of rotatable bonds is 4. The lowest BCUT2D eigenvalue weighted by atomic mass is 10.1. The summed E-state index contributed by atoms with van der Waals surface area (Å²) < 4.78 is 104. The summed E-state index contributed by atoms with van der Waals surface area (Å²) in [4.78, 5) is 0. The maximum absolute atomic E-state index is 13.8. The van der Waals surface area contributed by atoms with Crippen LogP contribution in [0.5, 0.6) is 0 Å². The van der Waals surface area contributed by atoms with Crippen LogP contribution in [0.2, 0.25) is 10.0 Å². The highest BCUT2D eigenvalue weighted by molar-refractivity contribution is 7.88. The minimum Gasteiger partial charge on any atom is -0.383 e. The average molecular weight is 510 g/mol. The molecular weight excluding hydrogens is 499 g/mol. The molecule has 1 heterocycles. The van der Waals surface area contributed by atoms with Crippen molar-refractivity contribution < 1.29 is 34.8 Å². The van der Waals surface area contributed by atoms with E-state index in [1.54, 1.807) is 0 Å². The van der Waals surface area contributed by atoms with Crippen LogP contribution in [-0.2, 0) is 16.2 Å². The molecule has 1 aromatic heterocycles.